The lowest BCUT2D eigenvalue weighted by Crippen LogP contribution is -2.46. The number of nitrogens with one attached hydrogen (secondary N) is 2. The summed E-state index contributed by atoms with van der Waals surface area (Å²) in [6, 6.07) is 8.71. The minimum atomic E-state index is -1.20. The van der Waals surface area contributed by atoms with Gasteiger partial charge in [0.25, 0.3) is 0 Å². The van der Waals surface area contributed by atoms with Crippen LogP contribution in [0.1, 0.15) is 12.0 Å². The first kappa shape index (κ1) is 14.5. The SMILES string of the molecule is O=C(O)N[C@@H](CCBr)C(=O)NCc1ccccc1. The highest BCUT2D eigenvalue weighted by Gasteiger charge is 2.19. The van der Waals surface area contributed by atoms with Crippen LogP contribution in [0, 0.1) is 0 Å². The fourth-order valence-corrected chi connectivity index (χ4v) is 1.89. The predicted molar refractivity (Wildman–Crippen MR) is 71.6 cm³/mol. The van der Waals surface area contributed by atoms with E-state index in [2.05, 4.69) is 26.6 Å². The van der Waals surface area contributed by atoms with Crippen LogP contribution in [0.2, 0.25) is 0 Å². The molecule has 5 nitrogen and oxygen atoms in total. The smallest absolute Gasteiger partial charge is 0.405 e. The van der Waals surface area contributed by atoms with Crippen molar-refractivity contribution in [2.24, 2.45) is 0 Å². The van der Waals surface area contributed by atoms with Gasteiger partial charge in [-0.2, -0.15) is 0 Å². The second-order valence-corrected chi connectivity index (χ2v) is 4.48. The van der Waals surface area contributed by atoms with Crippen LogP contribution in [-0.2, 0) is 11.3 Å². The largest absolute Gasteiger partial charge is 0.465 e. The van der Waals surface area contributed by atoms with Crippen molar-refractivity contribution in [3.63, 3.8) is 0 Å². The van der Waals surface area contributed by atoms with Gasteiger partial charge in [-0.3, -0.25) is 4.79 Å². The second-order valence-electron chi connectivity index (χ2n) is 3.68. The van der Waals surface area contributed by atoms with E-state index in [4.69, 9.17) is 5.11 Å². The number of carbonyl (C=O) groups excluding carboxylic acids is 1. The molecule has 0 aliphatic carbocycles. The van der Waals surface area contributed by atoms with E-state index in [1.807, 2.05) is 30.3 Å². The Kier molecular flexibility index (Phi) is 6.21. The van der Waals surface area contributed by atoms with Crippen LogP contribution in [-0.4, -0.2) is 28.5 Å². The molecule has 1 aromatic carbocycles. The standard InChI is InChI=1S/C12H15BrN2O3/c13-7-6-10(15-12(17)18)11(16)14-8-9-4-2-1-3-5-9/h1-5,10,15H,6-8H2,(H,14,16)(H,17,18)/t10-/m0/s1. The molecular formula is C12H15BrN2O3. The van der Waals surface area contributed by atoms with E-state index in [1.165, 1.54) is 0 Å². The van der Waals surface area contributed by atoms with E-state index in [1.54, 1.807) is 0 Å². The van der Waals surface area contributed by atoms with Gasteiger partial charge in [0.15, 0.2) is 0 Å². The monoisotopic (exact) mass is 314 g/mol. The fourth-order valence-electron chi connectivity index (χ4n) is 1.44. The fraction of sp³-hybridized carbons (Fsp3) is 0.333. The summed E-state index contributed by atoms with van der Waals surface area (Å²) in [7, 11) is 0. The summed E-state index contributed by atoms with van der Waals surface area (Å²) in [5.74, 6) is -0.319. The number of hydrogen-bond donors (Lipinski definition) is 3. The van der Waals surface area contributed by atoms with Crippen LogP contribution in [0.15, 0.2) is 30.3 Å². The highest BCUT2D eigenvalue weighted by atomic mass is 79.9. The van der Waals surface area contributed by atoms with Crippen LogP contribution in [0.4, 0.5) is 4.79 Å². The number of carbonyl (C=O) groups is 2. The molecule has 18 heavy (non-hydrogen) atoms. The third-order valence-electron chi connectivity index (χ3n) is 2.32. The Hall–Kier alpha value is -1.56. The summed E-state index contributed by atoms with van der Waals surface area (Å²) in [6.07, 6.45) is -0.789. The van der Waals surface area contributed by atoms with Gasteiger partial charge in [-0.25, -0.2) is 4.79 Å². The molecule has 3 N–H and O–H groups in total. The first-order valence-electron chi connectivity index (χ1n) is 5.50. The average Bonchev–Trinajstić information content (AvgIpc) is 2.36. The van der Waals surface area contributed by atoms with Gasteiger partial charge in [0, 0.05) is 11.9 Å². The maximum atomic E-state index is 11.8. The second kappa shape index (κ2) is 7.71. The molecule has 0 spiro atoms. The Morgan fingerprint density at radius 3 is 2.50 bits per heavy atom. The Morgan fingerprint density at radius 2 is 1.94 bits per heavy atom. The number of hydrogen-bond acceptors (Lipinski definition) is 2. The summed E-state index contributed by atoms with van der Waals surface area (Å²) >= 11 is 3.19. The zero-order valence-corrected chi connectivity index (χ0v) is 11.3. The van der Waals surface area contributed by atoms with E-state index in [9.17, 15) is 9.59 Å². The van der Waals surface area contributed by atoms with Crippen molar-refractivity contribution in [2.45, 2.75) is 19.0 Å². The van der Waals surface area contributed by atoms with Crippen molar-refractivity contribution in [1.29, 1.82) is 0 Å². The molecule has 0 heterocycles. The van der Waals surface area contributed by atoms with E-state index in [-0.39, 0.29) is 5.91 Å². The van der Waals surface area contributed by atoms with Crippen molar-refractivity contribution in [3.8, 4) is 0 Å². The minimum Gasteiger partial charge on any atom is -0.465 e. The number of carboxylic acid groups (broad SMARTS) is 1. The summed E-state index contributed by atoms with van der Waals surface area (Å²) in [4.78, 5) is 22.3. The van der Waals surface area contributed by atoms with Crippen molar-refractivity contribution in [2.75, 3.05) is 5.33 Å². The summed E-state index contributed by atoms with van der Waals surface area (Å²) in [5, 5.41) is 14.1. The summed E-state index contributed by atoms with van der Waals surface area (Å²) in [5.41, 5.74) is 0.971. The van der Waals surface area contributed by atoms with Crippen molar-refractivity contribution < 1.29 is 14.7 Å². The third kappa shape index (κ3) is 5.18. The zero-order chi connectivity index (χ0) is 13.4. The Balaban J connectivity index is 2.48. The van der Waals surface area contributed by atoms with E-state index < -0.39 is 12.1 Å². The summed E-state index contributed by atoms with van der Waals surface area (Å²) in [6.45, 7) is 0.389. The van der Waals surface area contributed by atoms with E-state index >= 15 is 0 Å². The lowest BCUT2D eigenvalue weighted by atomic mass is 10.2. The molecule has 0 radical (unpaired) electrons. The molecule has 98 valence electrons. The molecule has 6 heteroatoms. The highest BCUT2D eigenvalue weighted by Crippen LogP contribution is 2.00. The molecule has 0 bridgehead atoms. The number of benzene rings is 1. The Bertz CT molecular complexity index is 398. The highest BCUT2D eigenvalue weighted by molar-refractivity contribution is 9.09. The van der Waals surface area contributed by atoms with Gasteiger partial charge in [-0.1, -0.05) is 46.3 Å². The molecule has 0 saturated heterocycles. The minimum absolute atomic E-state index is 0.319. The number of halogens is 1. The molecule has 0 fully saturated rings. The van der Waals surface area contributed by atoms with Gasteiger partial charge in [0.05, 0.1) is 0 Å². The van der Waals surface area contributed by atoms with Crippen LogP contribution < -0.4 is 10.6 Å². The molecule has 1 atom stereocenters. The first-order chi connectivity index (χ1) is 8.63. The molecule has 0 aliphatic rings. The quantitative estimate of drug-likeness (QED) is 0.700. The Labute approximate surface area is 114 Å². The number of rotatable bonds is 6. The maximum Gasteiger partial charge on any atom is 0.405 e. The van der Waals surface area contributed by atoms with Crippen molar-refractivity contribution in [1.82, 2.24) is 10.6 Å². The van der Waals surface area contributed by atoms with Gasteiger partial charge in [-0.05, 0) is 12.0 Å². The lowest BCUT2D eigenvalue weighted by Gasteiger charge is -2.15. The van der Waals surface area contributed by atoms with Crippen LogP contribution in [0.3, 0.4) is 0 Å². The van der Waals surface area contributed by atoms with Gasteiger partial charge in [-0.15, -0.1) is 0 Å². The van der Waals surface area contributed by atoms with E-state index in [0.29, 0.717) is 18.3 Å². The zero-order valence-electron chi connectivity index (χ0n) is 9.73. The molecule has 2 amide bonds. The molecule has 0 aliphatic heterocycles. The van der Waals surface area contributed by atoms with Crippen molar-refractivity contribution >= 4 is 27.9 Å². The van der Waals surface area contributed by atoms with Gasteiger partial charge in [0.2, 0.25) is 5.91 Å². The molecule has 1 rings (SSSR count). The van der Waals surface area contributed by atoms with Crippen LogP contribution in [0.25, 0.3) is 0 Å². The molecule has 0 saturated carbocycles. The maximum absolute atomic E-state index is 11.8. The summed E-state index contributed by atoms with van der Waals surface area (Å²) < 4.78 is 0. The van der Waals surface area contributed by atoms with E-state index in [0.717, 1.165) is 5.56 Å². The molecule has 0 unspecified atom stereocenters. The topological polar surface area (TPSA) is 78.4 Å². The van der Waals surface area contributed by atoms with Gasteiger partial charge < -0.3 is 15.7 Å². The predicted octanol–water partition coefficient (Wildman–Crippen LogP) is 1.72. The van der Waals surface area contributed by atoms with Gasteiger partial charge in [0.1, 0.15) is 6.04 Å². The van der Waals surface area contributed by atoms with Crippen molar-refractivity contribution in [3.05, 3.63) is 35.9 Å². The lowest BCUT2D eigenvalue weighted by molar-refractivity contribution is -0.123. The molecule has 0 aromatic heterocycles. The van der Waals surface area contributed by atoms with Gasteiger partial charge >= 0.3 is 6.09 Å². The first-order valence-corrected chi connectivity index (χ1v) is 6.62. The average molecular weight is 315 g/mol. The molecule has 1 aromatic rings. The number of amides is 2. The van der Waals surface area contributed by atoms with Crippen LogP contribution >= 0.6 is 15.9 Å². The molecular weight excluding hydrogens is 300 g/mol. The normalized spacial score (nSPS) is 11.6. The number of alkyl halides is 1. The third-order valence-corrected chi connectivity index (χ3v) is 2.78. The Morgan fingerprint density at radius 1 is 1.28 bits per heavy atom. The van der Waals surface area contributed by atoms with Crippen LogP contribution in [0.5, 0.6) is 0 Å².